The van der Waals surface area contributed by atoms with E-state index in [1.165, 1.54) is 0 Å². The molecule has 2 atom stereocenters. The smallest absolute Gasteiger partial charge is 0.261 e. The summed E-state index contributed by atoms with van der Waals surface area (Å²) in [6.07, 6.45) is 1.86. The lowest BCUT2D eigenvalue weighted by molar-refractivity contribution is -0.127. The summed E-state index contributed by atoms with van der Waals surface area (Å²) in [5.41, 5.74) is 1.80. The minimum Gasteiger partial charge on any atom is -0.480 e. The van der Waals surface area contributed by atoms with Crippen LogP contribution in [0.15, 0.2) is 18.2 Å². The maximum Gasteiger partial charge on any atom is 0.261 e. The number of nitrogens with one attached hydrogen (secondary N) is 1. The summed E-state index contributed by atoms with van der Waals surface area (Å²) >= 11 is 0. The molecular weight excluding hydrogens is 242 g/mol. The summed E-state index contributed by atoms with van der Waals surface area (Å²) in [7, 11) is 0. The highest BCUT2D eigenvalue weighted by atomic mass is 16.5. The molecule has 1 aromatic carbocycles. The van der Waals surface area contributed by atoms with Crippen molar-refractivity contribution in [1.29, 1.82) is 0 Å². The van der Waals surface area contributed by atoms with Crippen LogP contribution in [0.4, 0.5) is 0 Å². The number of hydrogen-bond acceptors (Lipinski definition) is 3. The Kier molecular flexibility index (Phi) is 4.43. The first kappa shape index (κ1) is 13.9. The average Bonchev–Trinajstić information content (AvgIpc) is 2.57. The SMILES string of the molecule is Cc1cc(C(C)O)ccc1OC1CCCCNC1=O. The van der Waals surface area contributed by atoms with E-state index in [1.54, 1.807) is 6.92 Å². The van der Waals surface area contributed by atoms with E-state index in [4.69, 9.17) is 4.74 Å². The van der Waals surface area contributed by atoms with Gasteiger partial charge in [0, 0.05) is 6.54 Å². The van der Waals surface area contributed by atoms with Crippen LogP contribution in [0.1, 0.15) is 43.4 Å². The molecule has 2 N–H and O–H groups in total. The van der Waals surface area contributed by atoms with Crippen LogP contribution < -0.4 is 10.1 Å². The zero-order chi connectivity index (χ0) is 13.8. The number of rotatable bonds is 3. The van der Waals surface area contributed by atoms with Crippen molar-refractivity contribution in [3.8, 4) is 5.75 Å². The molecule has 104 valence electrons. The van der Waals surface area contributed by atoms with Gasteiger partial charge in [-0.05, 0) is 56.4 Å². The number of ether oxygens (including phenoxy) is 1. The van der Waals surface area contributed by atoms with Crippen LogP contribution >= 0.6 is 0 Å². The number of aryl methyl sites for hydroxylation is 1. The number of hydrogen-bond donors (Lipinski definition) is 2. The predicted molar refractivity (Wildman–Crippen MR) is 73.1 cm³/mol. The zero-order valence-electron chi connectivity index (χ0n) is 11.5. The molecule has 2 unspecified atom stereocenters. The van der Waals surface area contributed by atoms with Crippen LogP contribution in [-0.4, -0.2) is 23.7 Å². The number of aliphatic hydroxyl groups excluding tert-OH is 1. The minimum absolute atomic E-state index is 0.0310. The van der Waals surface area contributed by atoms with E-state index in [2.05, 4.69) is 5.32 Å². The summed E-state index contributed by atoms with van der Waals surface area (Å²) in [6.45, 7) is 4.39. The van der Waals surface area contributed by atoms with Gasteiger partial charge in [-0.2, -0.15) is 0 Å². The van der Waals surface area contributed by atoms with E-state index >= 15 is 0 Å². The van der Waals surface area contributed by atoms with Gasteiger partial charge in [-0.1, -0.05) is 6.07 Å². The van der Waals surface area contributed by atoms with Gasteiger partial charge in [-0.25, -0.2) is 0 Å². The van der Waals surface area contributed by atoms with Gasteiger partial charge in [0.2, 0.25) is 0 Å². The van der Waals surface area contributed by atoms with Crippen molar-refractivity contribution < 1.29 is 14.6 Å². The molecule has 0 bridgehead atoms. The minimum atomic E-state index is -0.492. The van der Waals surface area contributed by atoms with Crippen LogP contribution in [0.2, 0.25) is 0 Å². The second kappa shape index (κ2) is 6.06. The third-order valence-corrected chi connectivity index (χ3v) is 3.44. The lowest BCUT2D eigenvalue weighted by atomic mass is 10.1. The van der Waals surface area contributed by atoms with Crippen LogP contribution in [-0.2, 0) is 4.79 Å². The molecule has 1 amide bonds. The molecule has 1 fully saturated rings. The maximum absolute atomic E-state index is 11.8. The van der Waals surface area contributed by atoms with E-state index in [0.29, 0.717) is 5.75 Å². The summed E-state index contributed by atoms with van der Waals surface area (Å²) in [4.78, 5) is 11.8. The molecular formula is C15H21NO3. The Balaban J connectivity index is 2.11. The summed E-state index contributed by atoms with van der Waals surface area (Å²) < 4.78 is 5.82. The first-order valence-electron chi connectivity index (χ1n) is 6.81. The van der Waals surface area contributed by atoms with Crippen molar-refractivity contribution in [2.75, 3.05) is 6.54 Å². The lowest BCUT2D eigenvalue weighted by Crippen LogP contribution is -2.36. The van der Waals surface area contributed by atoms with Crippen molar-refractivity contribution in [1.82, 2.24) is 5.32 Å². The third kappa shape index (κ3) is 3.47. The molecule has 1 aliphatic rings. The fourth-order valence-corrected chi connectivity index (χ4v) is 2.24. The Morgan fingerprint density at radius 2 is 2.21 bits per heavy atom. The van der Waals surface area contributed by atoms with Gasteiger partial charge in [0.1, 0.15) is 5.75 Å². The highest BCUT2D eigenvalue weighted by molar-refractivity contribution is 5.81. The number of amides is 1. The second-order valence-electron chi connectivity index (χ2n) is 5.09. The zero-order valence-corrected chi connectivity index (χ0v) is 11.5. The number of carbonyl (C=O) groups excluding carboxylic acids is 1. The van der Waals surface area contributed by atoms with Gasteiger partial charge in [0.25, 0.3) is 5.91 Å². The summed E-state index contributed by atoms with van der Waals surface area (Å²) in [5.74, 6) is 0.683. The molecule has 1 heterocycles. The van der Waals surface area contributed by atoms with Crippen molar-refractivity contribution in [2.45, 2.75) is 45.3 Å². The molecule has 4 heteroatoms. The Labute approximate surface area is 113 Å². The van der Waals surface area contributed by atoms with Gasteiger partial charge in [0.15, 0.2) is 6.10 Å². The van der Waals surface area contributed by atoms with Gasteiger partial charge in [0.05, 0.1) is 6.10 Å². The fourth-order valence-electron chi connectivity index (χ4n) is 2.24. The maximum atomic E-state index is 11.8. The van der Waals surface area contributed by atoms with Crippen LogP contribution in [0.3, 0.4) is 0 Å². The van der Waals surface area contributed by atoms with Crippen molar-refractivity contribution in [2.24, 2.45) is 0 Å². The monoisotopic (exact) mass is 263 g/mol. The van der Waals surface area contributed by atoms with E-state index < -0.39 is 12.2 Å². The lowest BCUT2D eigenvalue weighted by Gasteiger charge is -2.18. The molecule has 4 nitrogen and oxygen atoms in total. The average molecular weight is 263 g/mol. The summed E-state index contributed by atoms with van der Waals surface area (Å²) in [5, 5.41) is 12.4. The van der Waals surface area contributed by atoms with Gasteiger partial charge < -0.3 is 15.2 Å². The molecule has 2 rings (SSSR count). The molecule has 0 spiro atoms. The largest absolute Gasteiger partial charge is 0.480 e. The molecule has 0 saturated carbocycles. The second-order valence-corrected chi connectivity index (χ2v) is 5.09. The number of aliphatic hydroxyl groups is 1. The first-order valence-corrected chi connectivity index (χ1v) is 6.81. The molecule has 0 aliphatic carbocycles. The Morgan fingerprint density at radius 1 is 1.42 bits per heavy atom. The quantitative estimate of drug-likeness (QED) is 0.878. The predicted octanol–water partition coefficient (Wildman–Crippen LogP) is 2.10. The van der Waals surface area contributed by atoms with Gasteiger partial charge >= 0.3 is 0 Å². The van der Waals surface area contributed by atoms with Crippen molar-refractivity contribution in [3.05, 3.63) is 29.3 Å². The Hall–Kier alpha value is -1.55. The Morgan fingerprint density at radius 3 is 2.89 bits per heavy atom. The topological polar surface area (TPSA) is 58.6 Å². The molecule has 1 aromatic rings. The molecule has 1 aliphatic heterocycles. The van der Waals surface area contributed by atoms with E-state index in [1.807, 2.05) is 25.1 Å². The van der Waals surface area contributed by atoms with E-state index in [0.717, 1.165) is 36.9 Å². The number of carbonyl (C=O) groups is 1. The molecule has 1 saturated heterocycles. The molecule has 19 heavy (non-hydrogen) atoms. The first-order chi connectivity index (χ1) is 9.08. The fraction of sp³-hybridized carbons (Fsp3) is 0.533. The van der Waals surface area contributed by atoms with E-state index in [-0.39, 0.29) is 5.91 Å². The molecule has 0 aromatic heterocycles. The van der Waals surface area contributed by atoms with E-state index in [9.17, 15) is 9.90 Å². The van der Waals surface area contributed by atoms with Gasteiger partial charge in [-0.3, -0.25) is 4.79 Å². The highest BCUT2D eigenvalue weighted by Crippen LogP contribution is 2.24. The van der Waals surface area contributed by atoms with Crippen LogP contribution in [0.25, 0.3) is 0 Å². The number of benzene rings is 1. The van der Waals surface area contributed by atoms with Crippen molar-refractivity contribution in [3.63, 3.8) is 0 Å². The standard InChI is InChI=1S/C15H21NO3/c1-10-9-12(11(2)17)6-7-13(10)19-14-5-3-4-8-16-15(14)18/h6-7,9,11,14,17H,3-5,8H2,1-2H3,(H,16,18). The van der Waals surface area contributed by atoms with Crippen LogP contribution in [0.5, 0.6) is 5.75 Å². The highest BCUT2D eigenvalue weighted by Gasteiger charge is 2.22. The van der Waals surface area contributed by atoms with Crippen LogP contribution in [0, 0.1) is 6.92 Å². The molecule has 0 radical (unpaired) electrons. The summed E-state index contributed by atoms with van der Waals surface area (Å²) in [6, 6.07) is 5.56. The van der Waals surface area contributed by atoms with Gasteiger partial charge in [-0.15, -0.1) is 0 Å². The normalized spacial score (nSPS) is 21.4. The Bertz CT molecular complexity index is 457. The van der Waals surface area contributed by atoms with Crippen molar-refractivity contribution >= 4 is 5.91 Å². The third-order valence-electron chi connectivity index (χ3n) is 3.44.